The van der Waals surface area contributed by atoms with Gasteiger partial charge in [0.15, 0.2) is 17.5 Å². The van der Waals surface area contributed by atoms with Gasteiger partial charge in [-0.2, -0.15) is 0 Å². The summed E-state index contributed by atoms with van der Waals surface area (Å²) in [7, 11) is 0. The lowest BCUT2D eigenvalue weighted by Gasteiger charge is -2.09. The van der Waals surface area contributed by atoms with E-state index in [2.05, 4.69) is 164 Å². The summed E-state index contributed by atoms with van der Waals surface area (Å²) >= 11 is 1.80. The summed E-state index contributed by atoms with van der Waals surface area (Å²) in [5, 5.41) is 9.42. The summed E-state index contributed by atoms with van der Waals surface area (Å²) in [6.07, 6.45) is 0. The number of rotatable bonds is 5. The Balaban J connectivity index is 1.02. The Morgan fingerprint density at radius 2 is 0.879 bits per heavy atom. The first kappa shape index (κ1) is 32.7. The summed E-state index contributed by atoms with van der Waals surface area (Å²) in [4.78, 5) is 15.5. The van der Waals surface area contributed by atoms with Gasteiger partial charge in [0, 0.05) is 53.2 Å². The summed E-state index contributed by atoms with van der Waals surface area (Å²) < 4.78 is 9.09. The zero-order valence-electron chi connectivity index (χ0n) is 31.1. The number of benzene rings is 9. The van der Waals surface area contributed by atoms with Crippen molar-refractivity contribution in [2.24, 2.45) is 0 Å². The van der Waals surface area contributed by atoms with Gasteiger partial charge in [-0.1, -0.05) is 158 Å². The number of para-hydroxylation sites is 1. The maximum atomic E-state index is 6.68. The van der Waals surface area contributed by atoms with E-state index in [9.17, 15) is 0 Å². The maximum absolute atomic E-state index is 6.68. The average molecular weight is 758 g/mol. The molecule has 0 amide bonds. The van der Waals surface area contributed by atoms with Crippen molar-refractivity contribution in [3.63, 3.8) is 0 Å². The molecule has 0 radical (unpaired) electrons. The molecule has 5 heteroatoms. The molecule has 0 saturated carbocycles. The van der Waals surface area contributed by atoms with E-state index < -0.39 is 0 Å². The van der Waals surface area contributed by atoms with E-state index in [1.165, 1.54) is 48.1 Å². The second-order valence-electron chi connectivity index (χ2n) is 14.7. The van der Waals surface area contributed by atoms with Crippen LogP contribution >= 0.6 is 11.3 Å². The third kappa shape index (κ3) is 5.25. The normalized spacial score (nSPS) is 11.8. The SMILES string of the molecule is c1ccc(-c2nc(-c3ccc4oc5c(-c6ccc7ccc8ccccc8c7c6)cccc5c4c3)nc(-c3cccc4c3sc3c(-c5ccccc5)cccc34)n2)cc1. The molecule has 0 fully saturated rings. The fourth-order valence-electron chi connectivity index (χ4n) is 8.52. The van der Waals surface area contributed by atoms with Crippen LogP contribution in [0.2, 0.25) is 0 Å². The predicted octanol–water partition coefficient (Wildman–Crippen LogP) is 14.8. The monoisotopic (exact) mass is 757 g/mol. The van der Waals surface area contributed by atoms with Crippen LogP contribution in [0, 0.1) is 0 Å². The van der Waals surface area contributed by atoms with Crippen LogP contribution in [-0.2, 0) is 0 Å². The van der Waals surface area contributed by atoms with Gasteiger partial charge < -0.3 is 4.42 Å². The van der Waals surface area contributed by atoms with Gasteiger partial charge in [0.1, 0.15) is 11.2 Å². The Morgan fingerprint density at radius 1 is 0.328 bits per heavy atom. The first-order valence-corrected chi connectivity index (χ1v) is 20.2. The minimum atomic E-state index is 0.612. The van der Waals surface area contributed by atoms with E-state index in [-0.39, 0.29) is 0 Å². The number of nitrogens with zero attached hydrogens (tertiary/aromatic N) is 3. The van der Waals surface area contributed by atoms with Gasteiger partial charge in [0.2, 0.25) is 0 Å². The summed E-state index contributed by atoms with van der Waals surface area (Å²) in [5.41, 5.74) is 9.11. The van der Waals surface area contributed by atoms with Gasteiger partial charge in [-0.25, -0.2) is 15.0 Å². The fourth-order valence-corrected chi connectivity index (χ4v) is 9.86. The van der Waals surface area contributed by atoms with Crippen molar-refractivity contribution in [2.45, 2.75) is 0 Å². The van der Waals surface area contributed by atoms with Crippen molar-refractivity contribution in [1.29, 1.82) is 0 Å². The van der Waals surface area contributed by atoms with Crippen LogP contribution < -0.4 is 0 Å². The molecule has 0 saturated heterocycles. The molecule has 3 heterocycles. The Hall–Kier alpha value is -7.47. The molecule has 58 heavy (non-hydrogen) atoms. The molecule has 12 rings (SSSR count). The third-order valence-corrected chi connectivity index (χ3v) is 12.6. The second kappa shape index (κ2) is 13.1. The van der Waals surface area contributed by atoms with Gasteiger partial charge in [-0.3, -0.25) is 0 Å². The molecule has 0 aliphatic heterocycles. The van der Waals surface area contributed by atoms with E-state index >= 15 is 0 Å². The van der Waals surface area contributed by atoms with E-state index in [0.29, 0.717) is 17.5 Å². The van der Waals surface area contributed by atoms with Crippen molar-refractivity contribution in [2.75, 3.05) is 0 Å². The van der Waals surface area contributed by atoms with Gasteiger partial charge in [0.05, 0.1) is 0 Å². The maximum Gasteiger partial charge on any atom is 0.165 e. The van der Waals surface area contributed by atoms with Crippen LogP contribution in [0.4, 0.5) is 0 Å². The van der Waals surface area contributed by atoms with Gasteiger partial charge in [-0.15, -0.1) is 11.3 Å². The van der Waals surface area contributed by atoms with E-state index in [1.54, 1.807) is 11.3 Å². The molecular weight excluding hydrogens is 727 g/mol. The first-order valence-electron chi connectivity index (χ1n) is 19.4. The van der Waals surface area contributed by atoms with Crippen molar-refractivity contribution >= 4 is 75.0 Å². The summed E-state index contributed by atoms with van der Waals surface area (Å²) in [6.45, 7) is 0. The predicted molar refractivity (Wildman–Crippen MR) is 242 cm³/mol. The van der Waals surface area contributed by atoms with Crippen molar-refractivity contribution in [1.82, 2.24) is 15.0 Å². The Bertz CT molecular complexity index is 3570. The lowest BCUT2D eigenvalue weighted by molar-refractivity contribution is 0.670. The lowest BCUT2D eigenvalue weighted by Crippen LogP contribution is -2.00. The largest absolute Gasteiger partial charge is 0.455 e. The molecule has 3 aromatic heterocycles. The zero-order valence-corrected chi connectivity index (χ0v) is 31.9. The lowest BCUT2D eigenvalue weighted by atomic mass is 9.96. The van der Waals surface area contributed by atoms with Gasteiger partial charge in [0.25, 0.3) is 0 Å². The highest BCUT2D eigenvalue weighted by molar-refractivity contribution is 7.26. The molecule has 270 valence electrons. The first-order chi connectivity index (χ1) is 28.7. The topological polar surface area (TPSA) is 51.8 Å². The van der Waals surface area contributed by atoms with Crippen LogP contribution in [0.5, 0.6) is 0 Å². The Kier molecular flexibility index (Phi) is 7.37. The van der Waals surface area contributed by atoms with Crippen molar-refractivity contribution in [3.8, 4) is 56.4 Å². The summed E-state index contributed by atoms with van der Waals surface area (Å²) in [5.74, 6) is 1.89. The number of hydrogen-bond donors (Lipinski definition) is 0. The minimum absolute atomic E-state index is 0.612. The number of fused-ring (bicyclic) bond motifs is 9. The summed E-state index contributed by atoms with van der Waals surface area (Å²) in [6, 6.07) is 66.2. The smallest absolute Gasteiger partial charge is 0.165 e. The van der Waals surface area contributed by atoms with E-state index in [0.717, 1.165) is 54.5 Å². The minimum Gasteiger partial charge on any atom is -0.455 e. The molecular formula is C53H31N3OS. The van der Waals surface area contributed by atoms with E-state index in [1.807, 2.05) is 24.3 Å². The number of thiophene rings is 1. The molecule has 0 N–H and O–H groups in total. The molecule has 0 unspecified atom stereocenters. The second-order valence-corrected chi connectivity index (χ2v) is 15.7. The fraction of sp³-hybridized carbons (Fsp3) is 0. The highest BCUT2D eigenvalue weighted by atomic mass is 32.1. The highest BCUT2D eigenvalue weighted by Crippen LogP contribution is 2.44. The Labute approximate surface area is 337 Å². The quantitative estimate of drug-likeness (QED) is 0.164. The average Bonchev–Trinajstić information content (AvgIpc) is 3.88. The standard InChI is InChI=1S/C53H31N3OS/c1-3-12-32(13-4-1)40-19-10-21-42-43-22-11-23-44(50(43)58-49(40)42)53-55-51(35-15-5-2-6-16-35)54-52(56-53)37-28-29-47-46(31-37)41-20-9-18-39(48(41)57-47)36-27-26-34-25-24-33-14-7-8-17-38(33)45(34)30-36/h1-31H. The van der Waals surface area contributed by atoms with Crippen molar-refractivity contribution < 1.29 is 4.42 Å². The molecule has 12 aromatic rings. The molecule has 0 bridgehead atoms. The van der Waals surface area contributed by atoms with Crippen molar-refractivity contribution in [3.05, 3.63) is 188 Å². The zero-order chi connectivity index (χ0) is 38.2. The Morgan fingerprint density at radius 3 is 1.67 bits per heavy atom. The highest BCUT2D eigenvalue weighted by Gasteiger charge is 2.20. The number of aromatic nitrogens is 3. The van der Waals surface area contributed by atoms with Crippen LogP contribution in [0.1, 0.15) is 0 Å². The van der Waals surface area contributed by atoms with Gasteiger partial charge in [-0.05, 0) is 68.6 Å². The van der Waals surface area contributed by atoms with E-state index in [4.69, 9.17) is 19.4 Å². The van der Waals surface area contributed by atoms with Crippen LogP contribution in [0.25, 0.3) is 120 Å². The van der Waals surface area contributed by atoms with Crippen LogP contribution in [0.3, 0.4) is 0 Å². The third-order valence-electron chi connectivity index (χ3n) is 11.3. The number of hydrogen-bond acceptors (Lipinski definition) is 5. The van der Waals surface area contributed by atoms with Crippen LogP contribution in [0.15, 0.2) is 192 Å². The van der Waals surface area contributed by atoms with Gasteiger partial charge >= 0.3 is 0 Å². The molecule has 9 aromatic carbocycles. The molecule has 0 aliphatic carbocycles. The number of furan rings is 1. The molecule has 0 spiro atoms. The molecule has 4 nitrogen and oxygen atoms in total. The van der Waals surface area contributed by atoms with Crippen LogP contribution in [-0.4, -0.2) is 15.0 Å². The molecule has 0 atom stereocenters. The molecule has 0 aliphatic rings.